The molecule has 0 spiro atoms. The fourth-order valence-corrected chi connectivity index (χ4v) is 3.58. The molecule has 9 heteroatoms. The summed E-state index contributed by atoms with van der Waals surface area (Å²) in [4.78, 5) is 12.5. The lowest BCUT2D eigenvalue weighted by atomic mass is 10.1. The third kappa shape index (κ3) is 4.20. The first-order valence-corrected chi connectivity index (χ1v) is 9.27. The smallest absolute Gasteiger partial charge is 0.319 e. The molecule has 1 N–H and O–H groups in total. The van der Waals surface area contributed by atoms with Gasteiger partial charge in [-0.2, -0.15) is 8.42 Å². The lowest BCUT2D eigenvalue weighted by molar-refractivity contribution is -0.112. The molecule has 1 amide bonds. The van der Waals surface area contributed by atoms with Gasteiger partial charge in [0.05, 0.1) is 23.5 Å². The van der Waals surface area contributed by atoms with E-state index in [1.165, 1.54) is 6.92 Å². The van der Waals surface area contributed by atoms with Crippen LogP contribution in [0.5, 0.6) is 0 Å². The van der Waals surface area contributed by atoms with Crippen LogP contribution >= 0.6 is 0 Å². The first-order valence-electron chi connectivity index (χ1n) is 7.87. The summed E-state index contributed by atoms with van der Waals surface area (Å²) in [6, 6.07) is 11.4. The number of nitrogens with zero attached hydrogens (tertiary/aromatic N) is 2. The highest BCUT2D eigenvalue weighted by molar-refractivity contribution is 7.88. The molecular weight excluding hydrogens is 376 g/mol. The second-order valence-electron chi connectivity index (χ2n) is 5.81. The Morgan fingerprint density at radius 1 is 1.15 bits per heavy atom. The predicted octanol–water partition coefficient (Wildman–Crippen LogP) is 3.01. The Morgan fingerprint density at radius 2 is 1.85 bits per heavy atom. The number of carbonyl (C=O) groups is 1. The normalized spacial score (nSPS) is 15.7. The Bertz CT molecular complexity index is 1050. The first kappa shape index (κ1) is 18.7. The zero-order valence-electron chi connectivity index (χ0n) is 14.2. The van der Waals surface area contributed by atoms with E-state index < -0.39 is 27.8 Å². The number of amides is 1. The van der Waals surface area contributed by atoms with Gasteiger partial charge in [0, 0.05) is 12.3 Å². The van der Waals surface area contributed by atoms with Crippen molar-refractivity contribution in [1.82, 2.24) is 4.31 Å². The van der Waals surface area contributed by atoms with E-state index in [-0.39, 0.29) is 23.5 Å². The molecule has 2 aromatic rings. The first-order chi connectivity index (χ1) is 12.8. The summed E-state index contributed by atoms with van der Waals surface area (Å²) in [6.45, 7) is 1.33. The zero-order valence-corrected chi connectivity index (χ0v) is 15.0. The summed E-state index contributed by atoms with van der Waals surface area (Å²) < 4.78 is 56.1. The van der Waals surface area contributed by atoms with E-state index in [0.717, 1.165) is 28.7 Å². The van der Waals surface area contributed by atoms with Gasteiger partial charge in [0.15, 0.2) is 0 Å². The molecule has 6 nitrogen and oxygen atoms in total. The average Bonchev–Trinajstić information content (AvgIpc) is 2.61. The lowest BCUT2D eigenvalue weighted by Crippen LogP contribution is -2.32. The number of halogens is 2. The summed E-state index contributed by atoms with van der Waals surface area (Å²) in [5.74, 6) is -2.33. The zero-order chi connectivity index (χ0) is 19.6. The van der Waals surface area contributed by atoms with E-state index in [1.807, 2.05) is 0 Å². The molecule has 27 heavy (non-hydrogen) atoms. The van der Waals surface area contributed by atoms with E-state index >= 15 is 0 Å². The Labute approximate surface area is 155 Å². The van der Waals surface area contributed by atoms with Gasteiger partial charge in [-0.15, -0.1) is 4.40 Å². The fraction of sp³-hybridized carbons (Fsp3) is 0.111. The van der Waals surface area contributed by atoms with Gasteiger partial charge in [-0.1, -0.05) is 30.3 Å². The molecule has 0 saturated heterocycles. The van der Waals surface area contributed by atoms with Gasteiger partial charge in [0.25, 0.3) is 5.91 Å². The Morgan fingerprint density at radius 3 is 2.56 bits per heavy atom. The summed E-state index contributed by atoms with van der Waals surface area (Å²) >= 11 is 0. The molecule has 0 aromatic heterocycles. The number of hydrogen-bond acceptors (Lipinski definition) is 3. The van der Waals surface area contributed by atoms with Crippen LogP contribution < -0.4 is 5.32 Å². The summed E-state index contributed by atoms with van der Waals surface area (Å²) in [5, 5.41) is 2.24. The minimum absolute atomic E-state index is 0.0228. The summed E-state index contributed by atoms with van der Waals surface area (Å²) in [7, 11) is -3.99. The fourth-order valence-electron chi connectivity index (χ4n) is 2.48. The summed E-state index contributed by atoms with van der Waals surface area (Å²) in [5.41, 5.74) is 0.234. The average molecular weight is 391 g/mol. The van der Waals surface area contributed by atoms with Gasteiger partial charge < -0.3 is 5.32 Å². The maximum atomic E-state index is 13.7. The minimum atomic E-state index is -3.99. The van der Waals surface area contributed by atoms with Gasteiger partial charge in [-0.3, -0.25) is 9.10 Å². The van der Waals surface area contributed by atoms with Crippen LogP contribution in [0.1, 0.15) is 12.5 Å². The van der Waals surface area contributed by atoms with Crippen LogP contribution in [0.2, 0.25) is 0 Å². The summed E-state index contributed by atoms with van der Waals surface area (Å²) in [6.07, 6.45) is 1.14. The van der Waals surface area contributed by atoms with Crippen LogP contribution in [0.25, 0.3) is 0 Å². The third-order valence-electron chi connectivity index (χ3n) is 3.81. The van der Waals surface area contributed by atoms with Crippen LogP contribution in [0.4, 0.5) is 14.5 Å². The number of hydrogen-bond donors (Lipinski definition) is 1. The highest BCUT2D eigenvalue weighted by Crippen LogP contribution is 2.22. The molecule has 0 atom stereocenters. The van der Waals surface area contributed by atoms with Gasteiger partial charge in [0.2, 0.25) is 0 Å². The van der Waals surface area contributed by atoms with E-state index in [2.05, 4.69) is 9.71 Å². The number of nitrogens with one attached hydrogen (secondary N) is 1. The second kappa shape index (κ2) is 7.28. The van der Waals surface area contributed by atoms with Crippen LogP contribution in [0, 0.1) is 11.6 Å². The van der Waals surface area contributed by atoms with Gasteiger partial charge >= 0.3 is 10.2 Å². The lowest BCUT2D eigenvalue weighted by Gasteiger charge is -2.23. The Kier molecular flexibility index (Phi) is 5.04. The van der Waals surface area contributed by atoms with Gasteiger partial charge in [-0.25, -0.2) is 8.78 Å². The van der Waals surface area contributed by atoms with E-state index in [9.17, 15) is 22.0 Å². The third-order valence-corrected chi connectivity index (χ3v) is 5.15. The van der Waals surface area contributed by atoms with E-state index in [1.54, 1.807) is 30.3 Å². The van der Waals surface area contributed by atoms with Crippen molar-refractivity contribution in [3.63, 3.8) is 0 Å². The standard InChI is InChI=1S/C18H15F2N3O3S/c1-12-15(18(24)21-17-9-14(19)7-8-16(17)20)11-23(27(25,26)22-12)10-13-5-3-2-4-6-13/h2-9,11H,10H2,1H3,(H,21,24). The Hall–Kier alpha value is -3.07. The molecule has 0 saturated carbocycles. The minimum Gasteiger partial charge on any atom is -0.319 e. The van der Waals surface area contributed by atoms with Crippen LogP contribution in [-0.4, -0.2) is 24.3 Å². The van der Waals surface area contributed by atoms with E-state index in [4.69, 9.17) is 0 Å². The number of benzene rings is 2. The second-order valence-corrected chi connectivity index (χ2v) is 7.35. The van der Waals surface area contributed by atoms with Crippen molar-refractivity contribution in [2.75, 3.05) is 5.32 Å². The largest absolute Gasteiger partial charge is 0.344 e. The van der Waals surface area contributed by atoms with E-state index in [0.29, 0.717) is 5.56 Å². The maximum absolute atomic E-state index is 13.7. The molecule has 1 aliphatic heterocycles. The quantitative estimate of drug-likeness (QED) is 0.870. The predicted molar refractivity (Wildman–Crippen MR) is 97.1 cm³/mol. The van der Waals surface area contributed by atoms with Crippen molar-refractivity contribution in [2.45, 2.75) is 13.5 Å². The highest BCUT2D eigenvalue weighted by Gasteiger charge is 2.28. The highest BCUT2D eigenvalue weighted by atomic mass is 32.2. The van der Waals surface area contributed by atoms with Crippen molar-refractivity contribution < 1.29 is 22.0 Å². The number of rotatable bonds is 4. The molecule has 2 aromatic carbocycles. The van der Waals surface area contributed by atoms with Crippen molar-refractivity contribution in [1.29, 1.82) is 0 Å². The monoisotopic (exact) mass is 391 g/mol. The molecule has 140 valence electrons. The molecule has 1 heterocycles. The maximum Gasteiger partial charge on any atom is 0.344 e. The SMILES string of the molecule is CC1=NS(=O)(=O)N(Cc2ccccc2)C=C1C(=O)Nc1cc(F)ccc1F. The van der Waals surface area contributed by atoms with Gasteiger partial charge in [-0.05, 0) is 24.6 Å². The molecule has 0 unspecified atom stereocenters. The van der Waals surface area contributed by atoms with Crippen LogP contribution in [0.15, 0.2) is 64.7 Å². The van der Waals surface area contributed by atoms with Crippen molar-refractivity contribution in [2.24, 2.45) is 4.40 Å². The number of carbonyl (C=O) groups excluding carboxylic acids is 1. The van der Waals surface area contributed by atoms with Crippen molar-refractivity contribution in [3.8, 4) is 0 Å². The molecule has 3 rings (SSSR count). The van der Waals surface area contributed by atoms with Crippen LogP contribution in [-0.2, 0) is 21.5 Å². The number of anilines is 1. The van der Waals surface area contributed by atoms with Crippen molar-refractivity contribution >= 4 is 27.5 Å². The Balaban J connectivity index is 1.89. The molecule has 0 radical (unpaired) electrons. The molecule has 0 aliphatic carbocycles. The topological polar surface area (TPSA) is 78.8 Å². The van der Waals surface area contributed by atoms with Crippen molar-refractivity contribution in [3.05, 3.63) is 77.5 Å². The molecule has 1 aliphatic rings. The molecule has 0 fully saturated rings. The van der Waals surface area contributed by atoms with Crippen LogP contribution in [0.3, 0.4) is 0 Å². The van der Waals surface area contributed by atoms with Gasteiger partial charge in [0.1, 0.15) is 11.6 Å². The molecular formula is C18H15F2N3O3S. The molecule has 0 bridgehead atoms.